The third-order valence-electron chi connectivity index (χ3n) is 2.37. The monoisotopic (exact) mass is 190 g/mol. The zero-order valence-electron chi connectivity index (χ0n) is 8.41. The van der Waals surface area contributed by atoms with Crippen molar-refractivity contribution in [2.45, 2.75) is 19.8 Å². The van der Waals surface area contributed by atoms with Gasteiger partial charge in [-0.1, -0.05) is 13.0 Å². The largest absolute Gasteiger partial charge is 0.506 e. The Morgan fingerprint density at radius 3 is 2.71 bits per heavy atom. The van der Waals surface area contributed by atoms with Crippen molar-refractivity contribution in [2.24, 2.45) is 5.73 Å². The predicted molar refractivity (Wildman–Crippen MR) is 55.0 cm³/mol. The van der Waals surface area contributed by atoms with Crippen molar-refractivity contribution in [1.82, 2.24) is 0 Å². The molecule has 0 aliphatic heterocycles. The number of rotatable bonds is 2. The summed E-state index contributed by atoms with van der Waals surface area (Å²) in [7, 11) is 0. The minimum Gasteiger partial charge on any atom is -0.506 e. The fraction of sp³-hybridized carbons (Fsp3) is 0.364. The molecule has 0 fully saturated rings. The van der Waals surface area contributed by atoms with Crippen molar-refractivity contribution < 1.29 is 5.11 Å². The molecule has 0 aromatic heterocycles. The molecule has 1 aromatic carbocycles. The summed E-state index contributed by atoms with van der Waals surface area (Å²) in [5.74, 6) is 0.280. The van der Waals surface area contributed by atoms with E-state index in [4.69, 9.17) is 11.0 Å². The van der Waals surface area contributed by atoms with Crippen LogP contribution in [0, 0.1) is 18.3 Å². The van der Waals surface area contributed by atoms with Crippen LogP contribution in [0.5, 0.6) is 5.75 Å². The quantitative estimate of drug-likeness (QED) is 0.744. The van der Waals surface area contributed by atoms with Crippen LogP contribution in [0.15, 0.2) is 12.1 Å². The first-order valence-corrected chi connectivity index (χ1v) is 4.53. The molecular weight excluding hydrogens is 176 g/mol. The van der Waals surface area contributed by atoms with E-state index < -0.39 is 0 Å². The van der Waals surface area contributed by atoms with Gasteiger partial charge in [-0.2, -0.15) is 5.26 Å². The fourth-order valence-corrected chi connectivity index (χ4v) is 1.31. The first kappa shape index (κ1) is 10.6. The summed E-state index contributed by atoms with van der Waals surface area (Å²) < 4.78 is 0. The number of benzene rings is 1. The van der Waals surface area contributed by atoms with Gasteiger partial charge in [0.15, 0.2) is 0 Å². The molecule has 1 aromatic rings. The molecule has 0 saturated heterocycles. The Morgan fingerprint density at radius 1 is 1.57 bits per heavy atom. The normalized spacial score (nSPS) is 12.1. The van der Waals surface area contributed by atoms with E-state index in [0.29, 0.717) is 12.1 Å². The summed E-state index contributed by atoms with van der Waals surface area (Å²) in [4.78, 5) is 0. The van der Waals surface area contributed by atoms with Crippen LogP contribution in [0.2, 0.25) is 0 Å². The Kier molecular flexibility index (Phi) is 3.10. The van der Waals surface area contributed by atoms with Gasteiger partial charge in [0, 0.05) is 0 Å². The van der Waals surface area contributed by atoms with Crippen LogP contribution in [0.25, 0.3) is 0 Å². The summed E-state index contributed by atoms with van der Waals surface area (Å²) in [5.41, 5.74) is 7.58. The zero-order valence-corrected chi connectivity index (χ0v) is 8.41. The lowest BCUT2D eigenvalue weighted by atomic mass is 9.96. The van der Waals surface area contributed by atoms with Gasteiger partial charge in [0.1, 0.15) is 11.8 Å². The molecule has 14 heavy (non-hydrogen) atoms. The van der Waals surface area contributed by atoms with E-state index >= 15 is 0 Å². The number of nitriles is 1. The SMILES string of the molecule is Cc1cc(C(C)CN)cc(C#N)c1O. The molecule has 3 nitrogen and oxygen atoms in total. The Hall–Kier alpha value is -1.53. The van der Waals surface area contributed by atoms with Crippen LogP contribution in [0.1, 0.15) is 29.5 Å². The number of hydrogen-bond donors (Lipinski definition) is 2. The maximum absolute atomic E-state index is 9.52. The molecule has 0 heterocycles. The molecule has 3 heteroatoms. The minimum absolute atomic E-state index is 0.0699. The minimum atomic E-state index is 0.0699. The number of nitrogens with two attached hydrogens (primary N) is 1. The molecule has 0 saturated carbocycles. The maximum atomic E-state index is 9.52. The van der Waals surface area contributed by atoms with Gasteiger partial charge in [-0.15, -0.1) is 0 Å². The molecule has 1 atom stereocenters. The van der Waals surface area contributed by atoms with E-state index in [0.717, 1.165) is 11.1 Å². The average Bonchev–Trinajstić information content (AvgIpc) is 2.20. The second-order valence-electron chi connectivity index (χ2n) is 3.48. The van der Waals surface area contributed by atoms with Crippen LogP contribution < -0.4 is 5.73 Å². The number of phenolic OH excluding ortho intramolecular Hbond substituents is 1. The third kappa shape index (κ3) is 1.86. The van der Waals surface area contributed by atoms with Crippen LogP contribution >= 0.6 is 0 Å². The van der Waals surface area contributed by atoms with E-state index in [1.807, 2.05) is 19.1 Å². The van der Waals surface area contributed by atoms with Crippen molar-refractivity contribution >= 4 is 0 Å². The molecule has 0 aliphatic rings. The molecule has 0 aliphatic carbocycles. The number of aryl methyl sites for hydroxylation is 1. The van der Waals surface area contributed by atoms with Crippen molar-refractivity contribution in [3.8, 4) is 11.8 Å². The van der Waals surface area contributed by atoms with Crippen molar-refractivity contribution in [3.05, 3.63) is 28.8 Å². The van der Waals surface area contributed by atoms with Crippen LogP contribution in [0.4, 0.5) is 0 Å². The average molecular weight is 190 g/mol. The van der Waals surface area contributed by atoms with Crippen LogP contribution in [-0.2, 0) is 0 Å². The van der Waals surface area contributed by atoms with Gasteiger partial charge >= 0.3 is 0 Å². The molecule has 0 amide bonds. The molecule has 1 unspecified atom stereocenters. The van der Waals surface area contributed by atoms with Crippen molar-refractivity contribution in [3.63, 3.8) is 0 Å². The highest BCUT2D eigenvalue weighted by atomic mass is 16.3. The standard InChI is InChI=1S/C11H14N2O/c1-7-3-9(8(2)5-12)4-10(6-13)11(7)14/h3-4,8,14H,5,12H2,1-2H3. The van der Waals surface area contributed by atoms with E-state index in [9.17, 15) is 5.11 Å². The number of nitrogens with zero attached hydrogens (tertiary/aromatic N) is 1. The Labute approximate surface area is 83.8 Å². The van der Waals surface area contributed by atoms with E-state index in [2.05, 4.69) is 0 Å². The second-order valence-corrected chi connectivity index (χ2v) is 3.48. The Bertz CT molecular complexity index is 380. The predicted octanol–water partition coefficient (Wildman–Crippen LogP) is 1.63. The lowest BCUT2D eigenvalue weighted by molar-refractivity contribution is 0.469. The lowest BCUT2D eigenvalue weighted by Gasteiger charge is -2.11. The van der Waals surface area contributed by atoms with E-state index in [-0.39, 0.29) is 11.7 Å². The number of aromatic hydroxyl groups is 1. The summed E-state index contributed by atoms with van der Waals surface area (Å²) in [5, 5.41) is 18.3. The van der Waals surface area contributed by atoms with E-state index in [1.54, 1.807) is 13.0 Å². The van der Waals surface area contributed by atoms with Gasteiger partial charge in [0.25, 0.3) is 0 Å². The zero-order chi connectivity index (χ0) is 10.7. The Balaban J connectivity index is 3.24. The first-order chi connectivity index (χ1) is 6.60. The molecule has 74 valence electrons. The third-order valence-corrected chi connectivity index (χ3v) is 2.37. The number of phenols is 1. The van der Waals surface area contributed by atoms with E-state index in [1.165, 1.54) is 0 Å². The van der Waals surface area contributed by atoms with Gasteiger partial charge in [0.05, 0.1) is 5.56 Å². The molecule has 0 spiro atoms. The molecular formula is C11H14N2O. The van der Waals surface area contributed by atoms with Gasteiger partial charge in [0.2, 0.25) is 0 Å². The molecule has 0 radical (unpaired) electrons. The highest BCUT2D eigenvalue weighted by Gasteiger charge is 2.10. The summed E-state index contributed by atoms with van der Waals surface area (Å²) >= 11 is 0. The second kappa shape index (κ2) is 4.12. The number of hydrogen-bond acceptors (Lipinski definition) is 3. The highest BCUT2D eigenvalue weighted by molar-refractivity contribution is 5.50. The van der Waals surface area contributed by atoms with Gasteiger partial charge in [-0.25, -0.2) is 0 Å². The fourth-order valence-electron chi connectivity index (χ4n) is 1.31. The van der Waals surface area contributed by atoms with Gasteiger partial charge in [-0.05, 0) is 36.6 Å². The summed E-state index contributed by atoms with van der Waals surface area (Å²) in [6.45, 7) is 4.31. The van der Waals surface area contributed by atoms with Crippen molar-refractivity contribution in [2.75, 3.05) is 6.54 Å². The van der Waals surface area contributed by atoms with Gasteiger partial charge < -0.3 is 10.8 Å². The molecule has 3 N–H and O–H groups in total. The summed E-state index contributed by atoms with van der Waals surface area (Å²) in [6.07, 6.45) is 0. The van der Waals surface area contributed by atoms with Gasteiger partial charge in [-0.3, -0.25) is 0 Å². The molecule has 1 rings (SSSR count). The van der Waals surface area contributed by atoms with Crippen LogP contribution in [-0.4, -0.2) is 11.7 Å². The highest BCUT2D eigenvalue weighted by Crippen LogP contribution is 2.26. The first-order valence-electron chi connectivity index (χ1n) is 4.53. The van der Waals surface area contributed by atoms with Crippen molar-refractivity contribution in [1.29, 1.82) is 5.26 Å². The lowest BCUT2D eigenvalue weighted by Crippen LogP contribution is -2.09. The maximum Gasteiger partial charge on any atom is 0.136 e. The topological polar surface area (TPSA) is 70.0 Å². The summed E-state index contributed by atoms with van der Waals surface area (Å²) in [6, 6.07) is 5.53. The Morgan fingerprint density at radius 2 is 2.21 bits per heavy atom. The molecule has 0 bridgehead atoms. The smallest absolute Gasteiger partial charge is 0.136 e. The van der Waals surface area contributed by atoms with Crippen LogP contribution in [0.3, 0.4) is 0 Å².